The molecule has 0 aliphatic carbocycles. The predicted molar refractivity (Wildman–Crippen MR) is 64.9 cm³/mol. The fourth-order valence-corrected chi connectivity index (χ4v) is 1.91. The molecule has 15 heavy (non-hydrogen) atoms. The molecular weight excluding hydrogens is 200 g/mol. The minimum Gasteiger partial charge on any atom is -0.412 e. The van der Waals surface area contributed by atoms with E-state index in [9.17, 15) is 0 Å². The fraction of sp³-hybridized carbons (Fsp3) is 0.538. The first-order chi connectivity index (χ1) is 7.29. The van der Waals surface area contributed by atoms with Crippen molar-refractivity contribution in [1.29, 1.82) is 0 Å². The number of hydrogen-bond acceptors (Lipinski definition) is 1. The lowest BCUT2D eigenvalue weighted by molar-refractivity contribution is 0.249. The summed E-state index contributed by atoms with van der Waals surface area (Å²) in [7, 11) is 3.12. The molecule has 0 aliphatic rings. The van der Waals surface area contributed by atoms with E-state index in [2.05, 4.69) is 48.6 Å². The maximum Gasteiger partial charge on any atom is 0.247 e. The van der Waals surface area contributed by atoms with Crippen LogP contribution in [0.4, 0.5) is 0 Å². The Balaban J connectivity index is 2.68. The molecular formula is C13H19OSi. The van der Waals surface area contributed by atoms with E-state index in [1.165, 1.54) is 30.4 Å². The average molecular weight is 219 g/mol. The molecule has 0 spiro atoms. The van der Waals surface area contributed by atoms with Crippen molar-refractivity contribution in [2.24, 2.45) is 0 Å². The van der Waals surface area contributed by atoms with Crippen LogP contribution in [0.1, 0.15) is 50.3 Å². The summed E-state index contributed by atoms with van der Waals surface area (Å²) < 4.78 is 5.19. The third-order valence-corrected chi connectivity index (χ3v) is 3.07. The fourth-order valence-electron chi connectivity index (χ4n) is 1.79. The van der Waals surface area contributed by atoms with E-state index in [4.69, 9.17) is 4.43 Å². The van der Waals surface area contributed by atoms with E-state index in [1.807, 2.05) is 0 Å². The second-order valence-electron chi connectivity index (χ2n) is 3.92. The van der Waals surface area contributed by atoms with Crippen LogP contribution in [0, 0.1) is 0 Å². The van der Waals surface area contributed by atoms with Gasteiger partial charge in [0.25, 0.3) is 0 Å². The molecule has 0 amide bonds. The maximum absolute atomic E-state index is 5.19. The molecule has 0 saturated heterocycles. The van der Waals surface area contributed by atoms with Gasteiger partial charge >= 0.3 is 0 Å². The van der Waals surface area contributed by atoms with Crippen LogP contribution >= 0.6 is 0 Å². The highest BCUT2D eigenvalue weighted by atomic mass is 28.2. The summed E-state index contributed by atoms with van der Waals surface area (Å²) in [5, 5.41) is 0. The van der Waals surface area contributed by atoms with Gasteiger partial charge in [0.05, 0.1) is 6.10 Å². The summed E-state index contributed by atoms with van der Waals surface area (Å²) in [6, 6.07) is 8.52. The SMILES string of the molecule is CCCCCc1ccccc1C(C)O[Si]. The second-order valence-corrected chi connectivity index (χ2v) is 4.15. The topological polar surface area (TPSA) is 9.23 Å². The van der Waals surface area contributed by atoms with Crippen molar-refractivity contribution in [1.82, 2.24) is 0 Å². The van der Waals surface area contributed by atoms with Crippen molar-refractivity contribution in [2.75, 3.05) is 0 Å². The van der Waals surface area contributed by atoms with Crippen molar-refractivity contribution in [3.63, 3.8) is 0 Å². The average Bonchev–Trinajstić information content (AvgIpc) is 2.29. The maximum atomic E-state index is 5.19. The molecule has 0 aliphatic heterocycles. The quantitative estimate of drug-likeness (QED) is 0.525. The molecule has 3 radical (unpaired) electrons. The van der Waals surface area contributed by atoms with Crippen LogP contribution in [0.3, 0.4) is 0 Å². The Labute approximate surface area is 96.4 Å². The molecule has 0 saturated carbocycles. The van der Waals surface area contributed by atoms with Crippen LogP contribution in [-0.2, 0) is 10.8 Å². The zero-order valence-electron chi connectivity index (χ0n) is 9.62. The zero-order valence-corrected chi connectivity index (χ0v) is 10.6. The molecule has 1 atom stereocenters. The standard InChI is InChI=1S/C13H19OSi/c1-3-4-5-8-12-9-6-7-10-13(12)11(2)14-15/h6-7,9-11H,3-5,8H2,1-2H3. The predicted octanol–water partition coefficient (Wildman–Crippen LogP) is 3.58. The number of benzene rings is 1. The van der Waals surface area contributed by atoms with Gasteiger partial charge in [-0.25, -0.2) is 0 Å². The van der Waals surface area contributed by atoms with E-state index in [0.29, 0.717) is 0 Å². The lowest BCUT2D eigenvalue weighted by atomic mass is 9.98. The summed E-state index contributed by atoms with van der Waals surface area (Å²) in [6.45, 7) is 4.29. The molecule has 81 valence electrons. The molecule has 1 aromatic rings. The van der Waals surface area contributed by atoms with Gasteiger partial charge in [-0.15, -0.1) is 0 Å². The largest absolute Gasteiger partial charge is 0.412 e. The molecule has 0 aromatic heterocycles. The Morgan fingerprint density at radius 1 is 1.27 bits per heavy atom. The van der Waals surface area contributed by atoms with Crippen molar-refractivity contribution < 1.29 is 4.43 Å². The summed E-state index contributed by atoms with van der Waals surface area (Å²) in [6.07, 6.45) is 5.12. The van der Waals surface area contributed by atoms with Crippen LogP contribution in [0.5, 0.6) is 0 Å². The lowest BCUT2D eigenvalue weighted by Crippen LogP contribution is -2.01. The third-order valence-electron chi connectivity index (χ3n) is 2.72. The van der Waals surface area contributed by atoms with Gasteiger partial charge in [-0.2, -0.15) is 0 Å². The summed E-state index contributed by atoms with van der Waals surface area (Å²) in [4.78, 5) is 0. The molecule has 1 aromatic carbocycles. The third kappa shape index (κ3) is 3.80. The first-order valence-electron chi connectivity index (χ1n) is 5.69. The number of unbranched alkanes of at least 4 members (excludes halogenated alkanes) is 2. The summed E-state index contributed by atoms with van der Waals surface area (Å²) >= 11 is 0. The monoisotopic (exact) mass is 219 g/mol. The van der Waals surface area contributed by atoms with Crippen LogP contribution in [0.15, 0.2) is 24.3 Å². The minimum absolute atomic E-state index is 0.125. The Morgan fingerprint density at radius 3 is 2.67 bits per heavy atom. The van der Waals surface area contributed by atoms with E-state index < -0.39 is 0 Å². The molecule has 0 fully saturated rings. The van der Waals surface area contributed by atoms with Crippen molar-refractivity contribution >= 4 is 10.5 Å². The lowest BCUT2D eigenvalue weighted by Gasteiger charge is -2.15. The van der Waals surface area contributed by atoms with E-state index in [-0.39, 0.29) is 6.10 Å². The van der Waals surface area contributed by atoms with Crippen molar-refractivity contribution in [3.05, 3.63) is 35.4 Å². The summed E-state index contributed by atoms with van der Waals surface area (Å²) in [5.74, 6) is 0. The number of hydrogen-bond donors (Lipinski definition) is 0. The molecule has 0 bridgehead atoms. The molecule has 2 heteroatoms. The highest BCUT2D eigenvalue weighted by Gasteiger charge is 2.07. The van der Waals surface area contributed by atoms with Crippen LogP contribution in [0.25, 0.3) is 0 Å². The van der Waals surface area contributed by atoms with Crippen LogP contribution in [-0.4, -0.2) is 10.5 Å². The van der Waals surface area contributed by atoms with Crippen LogP contribution in [0.2, 0.25) is 0 Å². The van der Waals surface area contributed by atoms with E-state index >= 15 is 0 Å². The zero-order chi connectivity index (χ0) is 11.1. The molecule has 1 rings (SSSR count). The highest BCUT2D eigenvalue weighted by molar-refractivity contribution is 5.98. The molecule has 0 heterocycles. The molecule has 0 N–H and O–H groups in total. The second kappa shape index (κ2) is 6.80. The van der Waals surface area contributed by atoms with Gasteiger partial charge in [0.15, 0.2) is 0 Å². The molecule has 1 unspecified atom stereocenters. The Bertz CT molecular complexity index is 286. The first kappa shape index (κ1) is 12.5. The van der Waals surface area contributed by atoms with Crippen LogP contribution < -0.4 is 0 Å². The normalized spacial score (nSPS) is 12.7. The Morgan fingerprint density at radius 2 is 2.00 bits per heavy atom. The molecule has 1 nitrogen and oxygen atoms in total. The van der Waals surface area contributed by atoms with E-state index in [0.717, 1.165) is 6.42 Å². The van der Waals surface area contributed by atoms with Crippen molar-refractivity contribution in [3.8, 4) is 0 Å². The minimum atomic E-state index is 0.125. The van der Waals surface area contributed by atoms with Gasteiger partial charge in [-0.3, -0.25) is 0 Å². The van der Waals surface area contributed by atoms with Gasteiger partial charge in [-0.1, -0.05) is 44.0 Å². The Kier molecular flexibility index (Phi) is 5.65. The smallest absolute Gasteiger partial charge is 0.247 e. The van der Waals surface area contributed by atoms with Gasteiger partial charge in [-0.05, 0) is 30.9 Å². The summed E-state index contributed by atoms with van der Waals surface area (Å²) in [5.41, 5.74) is 2.71. The van der Waals surface area contributed by atoms with Gasteiger partial charge in [0, 0.05) is 0 Å². The highest BCUT2D eigenvalue weighted by Crippen LogP contribution is 2.21. The van der Waals surface area contributed by atoms with Gasteiger partial charge < -0.3 is 4.43 Å². The van der Waals surface area contributed by atoms with E-state index in [1.54, 1.807) is 0 Å². The first-order valence-corrected chi connectivity index (χ1v) is 6.10. The number of rotatable bonds is 6. The number of aryl methyl sites for hydroxylation is 1. The van der Waals surface area contributed by atoms with Gasteiger partial charge in [0.1, 0.15) is 0 Å². The Hall–Kier alpha value is -0.603. The van der Waals surface area contributed by atoms with Crippen molar-refractivity contribution in [2.45, 2.75) is 45.6 Å². The van der Waals surface area contributed by atoms with Gasteiger partial charge in [0.2, 0.25) is 10.5 Å².